The van der Waals surface area contributed by atoms with Crippen LogP contribution in [0.1, 0.15) is 16.0 Å². The summed E-state index contributed by atoms with van der Waals surface area (Å²) in [5.74, 6) is 0. The van der Waals surface area contributed by atoms with Gasteiger partial charge in [0.1, 0.15) is 11.8 Å². The van der Waals surface area contributed by atoms with Crippen LogP contribution in [0, 0.1) is 25.2 Å². The zero-order valence-electron chi connectivity index (χ0n) is 12.3. The first-order valence-corrected chi connectivity index (χ1v) is 9.03. The number of hydrogen-bond acceptors (Lipinski definition) is 6. The van der Waals surface area contributed by atoms with Crippen LogP contribution in [0.5, 0.6) is 0 Å². The fourth-order valence-electron chi connectivity index (χ4n) is 1.80. The number of thiophene rings is 1. The molecule has 0 bridgehead atoms. The molecule has 1 heterocycles. The number of nitriles is 1. The Labute approximate surface area is 133 Å². The minimum atomic E-state index is -3.62. The average Bonchev–Trinajstić information content (AvgIpc) is 2.79. The SMILES string of the molecule is Cc1csc(C(C#N)=C2C=CC(=NOS(C)(=O)=O)C=C2)c1C. The number of allylic oxidation sites excluding steroid dienone is 6. The highest BCUT2D eigenvalue weighted by atomic mass is 32.2. The molecule has 7 heteroatoms. The van der Waals surface area contributed by atoms with Crippen LogP contribution in [0.15, 0.2) is 40.4 Å². The second-order valence-electron chi connectivity index (χ2n) is 4.78. The van der Waals surface area contributed by atoms with E-state index >= 15 is 0 Å². The van der Waals surface area contributed by atoms with E-state index in [0.29, 0.717) is 11.3 Å². The highest BCUT2D eigenvalue weighted by molar-refractivity contribution is 7.85. The third-order valence-electron chi connectivity index (χ3n) is 3.06. The lowest BCUT2D eigenvalue weighted by molar-refractivity contribution is 0.344. The van der Waals surface area contributed by atoms with Crippen LogP contribution in [0.3, 0.4) is 0 Å². The summed E-state index contributed by atoms with van der Waals surface area (Å²) in [4.78, 5) is 0.942. The molecule has 1 aromatic heterocycles. The van der Waals surface area contributed by atoms with Crippen LogP contribution < -0.4 is 0 Å². The monoisotopic (exact) mass is 334 g/mol. The van der Waals surface area contributed by atoms with Gasteiger partial charge in [-0.3, -0.25) is 4.28 Å². The molecule has 0 aliphatic heterocycles. The summed E-state index contributed by atoms with van der Waals surface area (Å²) in [5, 5.41) is 15.0. The van der Waals surface area contributed by atoms with Gasteiger partial charge in [-0.15, -0.1) is 11.3 Å². The van der Waals surface area contributed by atoms with Crippen molar-refractivity contribution in [2.75, 3.05) is 6.26 Å². The van der Waals surface area contributed by atoms with E-state index in [1.807, 2.05) is 19.2 Å². The van der Waals surface area contributed by atoms with Crippen molar-refractivity contribution >= 4 is 32.7 Å². The van der Waals surface area contributed by atoms with E-state index in [1.165, 1.54) is 11.3 Å². The predicted molar refractivity (Wildman–Crippen MR) is 88.0 cm³/mol. The summed E-state index contributed by atoms with van der Waals surface area (Å²) in [6, 6.07) is 2.23. The molecule has 5 nitrogen and oxygen atoms in total. The van der Waals surface area contributed by atoms with Gasteiger partial charge >= 0.3 is 10.1 Å². The van der Waals surface area contributed by atoms with Gasteiger partial charge in [0.05, 0.1) is 11.8 Å². The second-order valence-corrected chi connectivity index (χ2v) is 7.21. The maximum Gasteiger partial charge on any atom is 0.325 e. The van der Waals surface area contributed by atoms with E-state index in [0.717, 1.165) is 27.8 Å². The van der Waals surface area contributed by atoms with Crippen molar-refractivity contribution in [2.24, 2.45) is 5.16 Å². The topological polar surface area (TPSA) is 79.5 Å². The van der Waals surface area contributed by atoms with Crippen LogP contribution >= 0.6 is 11.3 Å². The Bertz CT molecular complexity index is 845. The van der Waals surface area contributed by atoms with Gasteiger partial charge in [-0.05, 0) is 48.1 Å². The first-order valence-electron chi connectivity index (χ1n) is 6.34. The fraction of sp³-hybridized carbons (Fsp3) is 0.200. The molecule has 0 radical (unpaired) electrons. The molecule has 1 aliphatic carbocycles. The Morgan fingerprint density at radius 3 is 2.36 bits per heavy atom. The largest absolute Gasteiger partial charge is 0.325 e. The molecule has 0 N–H and O–H groups in total. The molecule has 0 atom stereocenters. The van der Waals surface area contributed by atoms with Gasteiger partial charge in [0.25, 0.3) is 0 Å². The predicted octanol–water partition coefficient (Wildman–Crippen LogP) is 3.10. The first-order chi connectivity index (χ1) is 10.3. The van der Waals surface area contributed by atoms with Gasteiger partial charge in [-0.25, -0.2) is 0 Å². The summed E-state index contributed by atoms with van der Waals surface area (Å²) >= 11 is 1.53. The second kappa shape index (κ2) is 6.30. The Hall–Kier alpha value is -2.17. The summed E-state index contributed by atoms with van der Waals surface area (Å²) < 4.78 is 26.2. The number of aryl methyl sites for hydroxylation is 1. The van der Waals surface area contributed by atoms with Gasteiger partial charge in [-0.2, -0.15) is 13.7 Å². The summed E-state index contributed by atoms with van der Waals surface area (Å²) in [6.45, 7) is 4.00. The molecular formula is C15H14N2O3S2. The van der Waals surface area contributed by atoms with Gasteiger partial charge in [0, 0.05) is 4.88 Å². The van der Waals surface area contributed by atoms with Crippen LogP contribution in [0.4, 0.5) is 0 Å². The van der Waals surface area contributed by atoms with Crippen molar-refractivity contribution in [1.82, 2.24) is 0 Å². The number of nitrogens with zero attached hydrogens (tertiary/aromatic N) is 2. The molecule has 1 aromatic rings. The highest BCUT2D eigenvalue weighted by Gasteiger charge is 2.13. The maximum atomic E-state index is 10.9. The summed E-state index contributed by atoms with van der Waals surface area (Å²) in [6.07, 6.45) is 7.57. The van der Waals surface area contributed by atoms with Crippen LogP contribution in [-0.4, -0.2) is 20.4 Å². The van der Waals surface area contributed by atoms with E-state index in [4.69, 9.17) is 0 Å². The lowest BCUT2D eigenvalue weighted by Gasteiger charge is -2.06. The summed E-state index contributed by atoms with van der Waals surface area (Å²) in [7, 11) is -3.62. The van der Waals surface area contributed by atoms with Crippen LogP contribution in [-0.2, 0) is 14.4 Å². The molecule has 2 rings (SSSR count). The molecule has 0 spiro atoms. The number of rotatable bonds is 3. The van der Waals surface area contributed by atoms with Gasteiger partial charge in [0.15, 0.2) is 0 Å². The smallest absolute Gasteiger partial charge is 0.268 e. The molecule has 22 heavy (non-hydrogen) atoms. The molecule has 1 aliphatic rings. The molecule has 0 saturated heterocycles. The Morgan fingerprint density at radius 1 is 1.27 bits per heavy atom. The molecule has 0 unspecified atom stereocenters. The number of oxime groups is 1. The van der Waals surface area contributed by atoms with Gasteiger partial charge in [-0.1, -0.05) is 17.3 Å². The highest BCUT2D eigenvalue weighted by Crippen LogP contribution is 2.31. The average molecular weight is 334 g/mol. The standard InChI is InChI=1S/C15H14N2O3S2/c1-10-9-21-15(11(10)2)14(8-16)12-4-6-13(7-5-12)17-20-22(3,18)19/h4-7,9H,1-3H3. The molecule has 114 valence electrons. The molecule has 0 aromatic carbocycles. The molecule has 0 fully saturated rings. The molecule has 0 amide bonds. The zero-order chi connectivity index (χ0) is 16.3. The minimum absolute atomic E-state index is 0.366. The third kappa shape index (κ3) is 3.72. The van der Waals surface area contributed by atoms with Crippen LogP contribution in [0.2, 0.25) is 0 Å². The fourth-order valence-corrected chi connectivity index (χ4v) is 3.11. The zero-order valence-corrected chi connectivity index (χ0v) is 14.0. The van der Waals surface area contributed by atoms with E-state index in [2.05, 4.69) is 15.5 Å². The van der Waals surface area contributed by atoms with Crippen molar-refractivity contribution in [2.45, 2.75) is 13.8 Å². The minimum Gasteiger partial charge on any atom is -0.268 e. The molecular weight excluding hydrogens is 320 g/mol. The normalized spacial score (nSPS) is 13.9. The third-order valence-corrected chi connectivity index (χ3v) is 4.62. The van der Waals surface area contributed by atoms with Crippen molar-refractivity contribution in [3.8, 4) is 6.07 Å². The quantitative estimate of drug-likeness (QED) is 0.628. The Morgan fingerprint density at radius 2 is 1.91 bits per heavy atom. The van der Waals surface area contributed by atoms with E-state index in [9.17, 15) is 13.7 Å². The number of hydrogen-bond donors (Lipinski definition) is 0. The van der Waals surface area contributed by atoms with Crippen molar-refractivity contribution in [3.05, 3.63) is 51.3 Å². The summed E-state index contributed by atoms with van der Waals surface area (Å²) in [5.41, 5.74) is 3.96. The van der Waals surface area contributed by atoms with E-state index in [1.54, 1.807) is 24.3 Å². The lowest BCUT2D eigenvalue weighted by atomic mass is 9.99. The Balaban J connectivity index is 2.34. The first kappa shape index (κ1) is 16.2. The van der Waals surface area contributed by atoms with Gasteiger partial charge < -0.3 is 0 Å². The Kier molecular flexibility index (Phi) is 4.64. The van der Waals surface area contributed by atoms with Crippen molar-refractivity contribution in [1.29, 1.82) is 5.26 Å². The lowest BCUT2D eigenvalue weighted by Crippen LogP contribution is -2.01. The van der Waals surface area contributed by atoms with Crippen LogP contribution in [0.25, 0.3) is 5.57 Å². The van der Waals surface area contributed by atoms with E-state index in [-0.39, 0.29) is 0 Å². The molecule has 0 saturated carbocycles. The van der Waals surface area contributed by atoms with E-state index < -0.39 is 10.1 Å². The maximum absolute atomic E-state index is 10.9. The van der Waals surface area contributed by atoms with Gasteiger partial charge in [0.2, 0.25) is 0 Å². The van der Waals surface area contributed by atoms with Crippen molar-refractivity contribution < 1.29 is 12.7 Å². The van der Waals surface area contributed by atoms with Crippen molar-refractivity contribution in [3.63, 3.8) is 0 Å².